The molecule has 0 amide bonds. The quantitative estimate of drug-likeness (QED) is 0.0580. The maximum absolute atomic E-state index is 13.8. The van der Waals surface area contributed by atoms with Gasteiger partial charge in [0.15, 0.2) is 12.6 Å². The summed E-state index contributed by atoms with van der Waals surface area (Å²) in [6.07, 6.45) is 1.94. The van der Waals surface area contributed by atoms with Crippen molar-refractivity contribution in [3.05, 3.63) is 65.7 Å². The van der Waals surface area contributed by atoms with E-state index in [1.165, 1.54) is 7.11 Å². The van der Waals surface area contributed by atoms with Gasteiger partial charge in [-0.1, -0.05) is 75.1 Å². The van der Waals surface area contributed by atoms with E-state index in [2.05, 4.69) is 19.6 Å². The number of benzene rings is 2. The lowest BCUT2D eigenvalue weighted by molar-refractivity contribution is -0.153. The minimum Gasteiger partial charge on any atom is -0.467 e. The molecule has 1 fully saturated rings. The van der Waals surface area contributed by atoms with Crippen LogP contribution >= 0.6 is 12.6 Å². The number of methoxy groups -OCH3 is 1. The number of carbonyl (C=O) groups is 1. The van der Waals surface area contributed by atoms with Gasteiger partial charge in [0.1, 0.15) is 23.5 Å². The standard InChI is InChI=1S/C35H52O8SSi/c1-23(24(2)36)14-16-27(37)33-29(42-35(3,4)43-33)18-19-30(44)31-26(25-12-10-9-11-13-25)15-17-28(41-22-39-5)32(31)34(38)40-20-21-45(6,7)8/h9-17,23-24,27,29-30,33,36-37,44H,18-22H2,1-8H3/b16-14-/t23-,24+,27?,29+,30?,33-/m1/s1. The fourth-order valence-corrected chi connectivity index (χ4v) is 6.32. The summed E-state index contributed by atoms with van der Waals surface area (Å²) in [5.41, 5.74) is 2.83. The van der Waals surface area contributed by atoms with E-state index in [1.807, 2.05) is 57.2 Å². The Morgan fingerprint density at radius 1 is 1.07 bits per heavy atom. The molecule has 2 unspecified atom stereocenters. The number of ether oxygens (including phenoxy) is 5. The minimum absolute atomic E-state index is 0.0281. The van der Waals surface area contributed by atoms with Crippen LogP contribution < -0.4 is 4.74 Å². The SMILES string of the molecule is COCOc1ccc(-c2ccccc2)c(C(S)CC[C@@H]2OC(C)(C)O[C@@H]2C(O)/C=C\[C@@H](C)[C@H](C)O)c1C(=O)OCC[Si](C)(C)C. The zero-order valence-electron chi connectivity index (χ0n) is 28.0. The van der Waals surface area contributed by atoms with Crippen molar-refractivity contribution < 1.29 is 38.7 Å². The predicted molar refractivity (Wildman–Crippen MR) is 184 cm³/mol. The van der Waals surface area contributed by atoms with Crippen molar-refractivity contribution in [2.45, 2.75) is 102 Å². The number of aliphatic hydroxyl groups excluding tert-OH is 2. The number of hydrogen-bond acceptors (Lipinski definition) is 9. The molecule has 6 atom stereocenters. The van der Waals surface area contributed by atoms with E-state index >= 15 is 0 Å². The predicted octanol–water partition coefficient (Wildman–Crippen LogP) is 7.04. The first-order valence-corrected chi connectivity index (χ1v) is 19.9. The molecule has 1 saturated heterocycles. The van der Waals surface area contributed by atoms with Gasteiger partial charge in [-0.15, -0.1) is 0 Å². The molecule has 10 heteroatoms. The van der Waals surface area contributed by atoms with E-state index in [1.54, 1.807) is 25.1 Å². The third-order valence-electron chi connectivity index (χ3n) is 7.90. The first-order valence-electron chi connectivity index (χ1n) is 15.7. The summed E-state index contributed by atoms with van der Waals surface area (Å²) in [5.74, 6) is -1.10. The third-order valence-corrected chi connectivity index (χ3v) is 10.1. The van der Waals surface area contributed by atoms with Gasteiger partial charge in [-0.2, -0.15) is 12.6 Å². The molecule has 2 aromatic rings. The lowest BCUT2D eigenvalue weighted by Crippen LogP contribution is -2.34. The van der Waals surface area contributed by atoms with E-state index < -0.39 is 49.5 Å². The van der Waals surface area contributed by atoms with E-state index in [0.29, 0.717) is 36.3 Å². The molecule has 0 aliphatic carbocycles. The lowest BCUT2D eigenvalue weighted by atomic mass is 9.89. The monoisotopic (exact) mass is 660 g/mol. The van der Waals surface area contributed by atoms with Crippen LogP contribution in [-0.4, -0.2) is 75.0 Å². The van der Waals surface area contributed by atoms with Crippen LogP contribution in [0.25, 0.3) is 11.1 Å². The Balaban J connectivity index is 1.97. The van der Waals surface area contributed by atoms with Gasteiger partial charge in [0, 0.05) is 20.4 Å². The van der Waals surface area contributed by atoms with Crippen molar-refractivity contribution in [1.82, 2.24) is 0 Å². The molecule has 2 N–H and O–H groups in total. The number of esters is 1. The third kappa shape index (κ3) is 10.9. The average molecular weight is 661 g/mol. The van der Waals surface area contributed by atoms with Crippen LogP contribution in [0.1, 0.15) is 61.7 Å². The first-order chi connectivity index (χ1) is 21.1. The van der Waals surface area contributed by atoms with Gasteiger partial charge in [0.05, 0.1) is 18.8 Å². The summed E-state index contributed by atoms with van der Waals surface area (Å²) < 4.78 is 29.3. The van der Waals surface area contributed by atoms with E-state index in [-0.39, 0.29) is 12.7 Å². The Kier molecular flexibility index (Phi) is 13.7. The molecule has 1 aliphatic rings. The molecule has 8 nitrogen and oxygen atoms in total. The summed E-state index contributed by atoms with van der Waals surface area (Å²) in [5, 5.41) is 20.5. The summed E-state index contributed by atoms with van der Waals surface area (Å²) in [4.78, 5) is 13.8. The Labute approximate surface area is 275 Å². The van der Waals surface area contributed by atoms with Gasteiger partial charge in [0.2, 0.25) is 0 Å². The van der Waals surface area contributed by atoms with Crippen LogP contribution in [0.2, 0.25) is 25.7 Å². The van der Waals surface area contributed by atoms with Crippen molar-refractivity contribution in [3.63, 3.8) is 0 Å². The molecule has 250 valence electrons. The van der Waals surface area contributed by atoms with Crippen LogP contribution in [0.4, 0.5) is 0 Å². The Morgan fingerprint density at radius 2 is 1.76 bits per heavy atom. The van der Waals surface area contributed by atoms with Crippen molar-refractivity contribution in [2.24, 2.45) is 5.92 Å². The van der Waals surface area contributed by atoms with E-state index in [9.17, 15) is 15.0 Å². The molecule has 0 radical (unpaired) electrons. The highest BCUT2D eigenvalue weighted by Crippen LogP contribution is 2.43. The summed E-state index contributed by atoms with van der Waals surface area (Å²) >= 11 is 5.08. The highest BCUT2D eigenvalue weighted by molar-refractivity contribution is 7.80. The highest BCUT2D eigenvalue weighted by atomic mass is 32.1. The molecule has 45 heavy (non-hydrogen) atoms. The fourth-order valence-electron chi connectivity index (χ4n) is 5.19. The molecule has 0 saturated carbocycles. The molecule has 0 bridgehead atoms. The van der Waals surface area contributed by atoms with Crippen molar-refractivity contribution in [2.75, 3.05) is 20.5 Å². The molecule has 2 aromatic carbocycles. The fraction of sp³-hybridized carbons (Fsp3) is 0.571. The van der Waals surface area contributed by atoms with E-state index in [4.69, 9.17) is 36.3 Å². The molecular formula is C35H52O8SSi. The van der Waals surface area contributed by atoms with Crippen molar-refractivity contribution in [1.29, 1.82) is 0 Å². The van der Waals surface area contributed by atoms with Crippen molar-refractivity contribution >= 4 is 26.7 Å². The van der Waals surface area contributed by atoms with Gasteiger partial charge in [-0.25, -0.2) is 4.79 Å². The molecule has 0 aromatic heterocycles. The lowest BCUT2D eigenvalue weighted by Gasteiger charge is -2.25. The van der Waals surface area contributed by atoms with Crippen LogP contribution in [0.3, 0.4) is 0 Å². The van der Waals surface area contributed by atoms with Crippen LogP contribution in [-0.2, 0) is 18.9 Å². The molecule has 1 aliphatic heterocycles. The molecular weight excluding hydrogens is 609 g/mol. The van der Waals surface area contributed by atoms with Crippen LogP contribution in [0, 0.1) is 5.92 Å². The number of hydrogen-bond donors (Lipinski definition) is 3. The maximum Gasteiger partial charge on any atom is 0.342 e. The molecule has 3 rings (SSSR count). The second-order valence-electron chi connectivity index (χ2n) is 13.5. The zero-order valence-corrected chi connectivity index (χ0v) is 29.9. The molecule has 0 spiro atoms. The second kappa shape index (κ2) is 16.6. The van der Waals surface area contributed by atoms with Crippen molar-refractivity contribution in [3.8, 4) is 16.9 Å². The number of thiol groups is 1. The number of aliphatic hydroxyl groups is 2. The summed E-state index contributed by atoms with van der Waals surface area (Å²) in [6, 6.07) is 14.4. The first kappa shape index (κ1) is 37.3. The Bertz CT molecular complexity index is 1260. The van der Waals surface area contributed by atoms with Gasteiger partial charge in [-0.3, -0.25) is 0 Å². The molecule has 1 heterocycles. The Hall–Kier alpha value is -2.18. The highest BCUT2D eigenvalue weighted by Gasteiger charge is 2.44. The minimum atomic E-state index is -1.44. The topological polar surface area (TPSA) is 104 Å². The van der Waals surface area contributed by atoms with E-state index in [0.717, 1.165) is 17.2 Å². The maximum atomic E-state index is 13.8. The zero-order chi connectivity index (χ0) is 33.4. The smallest absolute Gasteiger partial charge is 0.342 e. The van der Waals surface area contributed by atoms with Crippen LogP contribution in [0.15, 0.2) is 54.6 Å². The largest absolute Gasteiger partial charge is 0.467 e. The van der Waals surface area contributed by atoms with Crippen LogP contribution in [0.5, 0.6) is 5.75 Å². The Morgan fingerprint density at radius 3 is 2.38 bits per heavy atom. The van der Waals surface area contributed by atoms with Gasteiger partial charge in [0.25, 0.3) is 0 Å². The second-order valence-corrected chi connectivity index (χ2v) is 19.7. The summed E-state index contributed by atoms with van der Waals surface area (Å²) in [6.45, 7) is 14.3. The van der Waals surface area contributed by atoms with Gasteiger partial charge >= 0.3 is 5.97 Å². The number of rotatable bonds is 16. The number of carbonyl (C=O) groups excluding carboxylic acids is 1. The average Bonchev–Trinajstić information content (AvgIpc) is 3.30. The van der Waals surface area contributed by atoms with Gasteiger partial charge in [-0.05, 0) is 68.3 Å². The van der Waals surface area contributed by atoms with Gasteiger partial charge < -0.3 is 33.9 Å². The summed E-state index contributed by atoms with van der Waals surface area (Å²) in [7, 11) is 0.0913. The normalized spacial score (nSPS) is 21.0.